The first-order chi connectivity index (χ1) is 40.5. The summed E-state index contributed by atoms with van der Waals surface area (Å²) in [4.78, 5) is 75.1. The summed E-state index contributed by atoms with van der Waals surface area (Å²) >= 11 is 8.03. The van der Waals surface area contributed by atoms with E-state index in [9.17, 15) is 50.3 Å². The number of alkyl halides is 6. The molecule has 0 bridgehead atoms. The average Bonchev–Trinajstić information content (AvgIpc) is 1.70. The molecule has 0 unspecified atom stereocenters. The van der Waals surface area contributed by atoms with E-state index < -0.39 is 34.0 Å². The number of carbonyl (C=O) groups excluding carboxylic acids is 4. The van der Waals surface area contributed by atoms with Crippen molar-refractivity contribution in [3.8, 4) is 0 Å². The van der Waals surface area contributed by atoms with Crippen LogP contribution in [0, 0.1) is 30.0 Å². The summed E-state index contributed by atoms with van der Waals surface area (Å²) in [6.45, 7) is 22.9. The number of Topliss-reactive ketones (excluding diaryl/α,β-unsaturated/α-hetero) is 1. The van der Waals surface area contributed by atoms with Gasteiger partial charge >= 0.3 is 18.3 Å². The lowest BCUT2D eigenvalue weighted by Crippen LogP contribution is -2.27. The molecule has 0 aromatic carbocycles. The van der Waals surface area contributed by atoms with Gasteiger partial charge < -0.3 is 5.11 Å². The van der Waals surface area contributed by atoms with Crippen LogP contribution in [0.2, 0.25) is 0 Å². The van der Waals surface area contributed by atoms with Gasteiger partial charge in [-0.15, -0.1) is 56.7 Å². The summed E-state index contributed by atoms with van der Waals surface area (Å²) in [5.41, 5.74) is 10.1. The second-order valence-corrected chi connectivity index (χ2v) is 33.9. The first-order valence-electron chi connectivity index (χ1n) is 29.1. The molecule has 1 N–H and O–H groups in total. The van der Waals surface area contributed by atoms with Gasteiger partial charge in [0.15, 0.2) is 5.78 Å². The van der Waals surface area contributed by atoms with Gasteiger partial charge in [-0.25, -0.2) is 20.0 Å². The van der Waals surface area contributed by atoms with Crippen LogP contribution >= 0.6 is 79.3 Å². The largest absolute Gasteiger partial charge is 0.477 e. The summed E-state index contributed by atoms with van der Waals surface area (Å²) in [7, 11) is 9.06. The normalized spacial score (nSPS) is 18.0. The predicted molar refractivity (Wildman–Crippen MR) is 348 cm³/mol. The van der Waals surface area contributed by atoms with Crippen molar-refractivity contribution in [3.05, 3.63) is 103 Å². The average molecular weight is 1440 g/mol. The van der Waals surface area contributed by atoms with Gasteiger partial charge in [-0.2, -0.15) is 26.3 Å². The van der Waals surface area contributed by atoms with Crippen LogP contribution < -0.4 is 0 Å². The molecule has 0 spiro atoms. The number of carbonyl (C=O) groups is 5. The third kappa shape index (κ3) is 17.7. The monoisotopic (exact) mass is 1440 g/mol. The van der Waals surface area contributed by atoms with Gasteiger partial charge in [0.25, 0.3) is 17.7 Å². The number of thiophene rings is 5. The Kier molecular flexibility index (Phi) is 23.5. The van der Waals surface area contributed by atoms with E-state index in [0.717, 1.165) is 91.0 Å². The summed E-state index contributed by atoms with van der Waals surface area (Å²) < 4.78 is 80.0. The van der Waals surface area contributed by atoms with Crippen LogP contribution in [0.3, 0.4) is 0 Å². The summed E-state index contributed by atoms with van der Waals surface area (Å²) in [5, 5.41) is 16.7. The number of halogens is 7. The summed E-state index contributed by atoms with van der Waals surface area (Å²) in [6.07, 6.45) is 4.11. The number of amides is 3. The molecule has 0 saturated carbocycles. The molecule has 0 saturated heterocycles. The highest BCUT2D eigenvalue weighted by Crippen LogP contribution is 2.50. The van der Waals surface area contributed by atoms with Gasteiger partial charge in [-0.05, 0) is 219 Å². The van der Waals surface area contributed by atoms with Crippen LogP contribution in [-0.4, -0.2) is 92.2 Å². The van der Waals surface area contributed by atoms with Crippen LogP contribution in [0.5, 0.6) is 0 Å². The van der Waals surface area contributed by atoms with Crippen molar-refractivity contribution in [2.75, 3.05) is 42.5 Å². The van der Waals surface area contributed by atoms with Crippen LogP contribution in [-0.2, 0) is 91.1 Å². The second-order valence-electron chi connectivity index (χ2n) is 27.3. The van der Waals surface area contributed by atoms with Crippen LogP contribution in [0.1, 0.15) is 222 Å². The lowest BCUT2D eigenvalue weighted by Gasteiger charge is -2.31. The van der Waals surface area contributed by atoms with Crippen molar-refractivity contribution in [1.29, 1.82) is 0 Å². The highest BCUT2D eigenvalue weighted by atomic mass is 127. The fourth-order valence-corrected chi connectivity index (χ4v) is 18.5. The maximum absolute atomic E-state index is 13.2. The van der Waals surface area contributed by atoms with Crippen LogP contribution in [0.4, 0.5) is 26.3 Å². The van der Waals surface area contributed by atoms with Crippen molar-refractivity contribution >= 4 is 109 Å². The van der Waals surface area contributed by atoms with Crippen molar-refractivity contribution < 1.29 is 69.9 Å². The summed E-state index contributed by atoms with van der Waals surface area (Å²) in [6, 6.07) is 0. The molecule has 0 aliphatic heterocycles. The van der Waals surface area contributed by atoms with E-state index in [1.54, 1.807) is 36.8 Å². The van der Waals surface area contributed by atoms with Gasteiger partial charge in [0, 0.05) is 21.1 Å². The third-order valence-corrected chi connectivity index (χ3v) is 24.3. The molecule has 5 aliphatic carbocycles. The molecule has 5 aliphatic rings. The number of aromatic carboxylic acids is 1. The Morgan fingerprint density at radius 2 is 0.750 bits per heavy atom. The molecular weight excluding hydrogens is 1360 g/mol. The lowest BCUT2D eigenvalue weighted by atomic mass is 9.74. The quantitative estimate of drug-likeness (QED) is 0.0695. The smallest absolute Gasteiger partial charge is 0.425 e. The van der Waals surface area contributed by atoms with Gasteiger partial charge in [-0.3, -0.25) is 33.7 Å². The fourth-order valence-electron chi connectivity index (χ4n) is 11.8. The topological polar surface area (TPSA) is 143 Å². The fraction of sp³-hybridized carbons (Fsp3) is 0.609. The molecule has 0 radical (unpaired) electrons. The Morgan fingerprint density at radius 1 is 0.455 bits per heavy atom. The first-order valence-corrected chi connectivity index (χ1v) is 34.4. The van der Waals surface area contributed by atoms with E-state index in [2.05, 4.69) is 69.5 Å². The molecule has 5 heterocycles. The number of hydrogen-bond donors (Lipinski definition) is 1. The highest BCUT2D eigenvalue weighted by Gasteiger charge is 2.44. The van der Waals surface area contributed by atoms with E-state index in [4.69, 9.17) is 19.6 Å². The van der Waals surface area contributed by atoms with Gasteiger partial charge in [0.2, 0.25) is 0 Å². The molecule has 488 valence electrons. The van der Waals surface area contributed by atoms with Crippen molar-refractivity contribution in [2.24, 2.45) is 27.1 Å². The Bertz CT molecular complexity index is 3380. The molecule has 12 nitrogen and oxygen atoms in total. The second kappa shape index (κ2) is 28.2. The molecule has 0 atom stereocenters. The molecule has 24 heteroatoms. The minimum atomic E-state index is -4.42. The number of rotatable bonds is 8. The zero-order valence-corrected chi connectivity index (χ0v) is 59.7. The van der Waals surface area contributed by atoms with Gasteiger partial charge in [0.1, 0.15) is 14.6 Å². The Labute approximate surface area is 547 Å². The molecule has 10 rings (SSSR count). The van der Waals surface area contributed by atoms with Crippen molar-refractivity contribution in [1.82, 2.24) is 15.2 Å². The van der Waals surface area contributed by atoms with Gasteiger partial charge in [0.05, 0.1) is 43.7 Å². The molecule has 3 amide bonds. The molecule has 0 fully saturated rings. The zero-order valence-electron chi connectivity index (χ0n) is 53.5. The minimum Gasteiger partial charge on any atom is -0.477 e. The number of carboxylic acids is 1. The van der Waals surface area contributed by atoms with Crippen molar-refractivity contribution in [2.45, 2.75) is 185 Å². The number of ketones is 1. The highest BCUT2D eigenvalue weighted by molar-refractivity contribution is 14.1. The third-order valence-electron chi connectivity index (χ3n) is 17.1. The Hall–Kier alpha value is -3.76. The van der Waals surface area contributed by atoms with E-state index in [1.165, 1.54) is 87.5 Å². The van der Waals surface area contributed by atoms with E-state index in [0.29, 0.717) is 91.0 Å². The number of carboxylic acid groups (broad SMARTS) is 1. The van der Waals surface area contributed by atoms with Crippen LogP contribution in [0.15, 0.2) is 10.8 Å². The maximum Gasteiger partial charge on any atom is 0.425 e. The van der Waals surface area contributed by atoms with E-state index >= 15 is 0 Å². The molecule has 88 heavy (non-hydrogen) atoms. The minimum absolute atomic E-state index is 0.0265. The van der Waals surface area contributed by atoms with Crippen molar-refractivity contribution in [3.63, 3.8) is 0 Å². The number of fused-ring (bicyclic) bond motifs is 5. The maximum atomic E-state index is 13.2. The first kappa shape index (κ1) is 73.3. The molecule has 5 aromatic heterocycles. The summed E-state index contributed by atoms with van der Waals surface area (Å²) in [5.74, 6) is -1.60. The molecular formula is C64H84F6IN3O9S5. The van der Waals surface area contributed by atoms with Gasteiger partial charge in [-0.1, -0.05) is 69.2 Å². The Balaban J connectivity index is 0.000000176. The van der Waals surface area contributed by atoms with E-state index in [-0.39, 0.29) is 38.9 Å². The predicted octanol–water partition coefficient (Wildman–Crippen LogP) is 17.8. The number of hydrogen-bond acceptors (Lipinski definition) is 13. The number of nitrogens with zero attached hydrogens (tertiary/aromatic N) is 3. The molecule has 5 aromatic rings. The van der Waals surface area contributed by atoms with E-state index in [1.807, 2.05) is 33.1 Å². The number of hydroxylamine groups is 6. The lowest BCUT2D eigenvalue weighted by molar-refractivity contribution is -0.136. The SMILES string of the molecule is CC(=O)c1sc(C(F)(F)F)c2c1CCC(C)(C)C2.CC1(C)CCc2c(csc2C(=O)O)C1.CON(C)C(=O)c1sc(C(F)(F)F)c2c1CCC(C)(C)C2.CON(C)C(=O)c1sc(I)c2c1CCC(C)(C)C2.CON(C)C(=O)c1scc2c1CCC(C)(C)C2. The van der Waals surface area contributed by atoms with Crippen LogP contribution in [0.25, 0.3) is 0 Å². The zero-order chi connectivity index (χ0) is 66.2. The Morgan fingerprint density at radius 3 is 1.11 bits per heavy atom. The standard InChI is InChI=1S/C14H18F3NO2S.C13H15F3OS.C13H18INO2S.C13H19NO2S.C11H14O2S/c1-13(2)6-5-8-9(7-13)11(14(15,16)17)21-10(8)12(19)18(3)20-4;1-7(17)10-8-4-5-12(2,3)6-9(8)11(18-10)13(14,15)16;1-13(2)6-5-8-9(7-13)11(14)18-10(8)12(16)15(3)17-4;1-13(2)6-5-10-9(7-13)8-17-11(10)12(15)14(3)16-4;1-11(2)4-3-8-7(5-11)6-14-9(8)10(12)13/h5-7H2,1-4H3;4-6H2,1-3H3;5-7H2,1-4H3;8H,5-7H2,1-4H3;6H,3-5H2,1-2H3,(H,12,13).